The Labute approximate surface area is 128 Å². The van der Waals surface area contributed by atoms with Crippen molar-refractivity contribution < 1.29 is 9.21 Å². The van der Waals surface area contributed by atoms with Crippen molar-refractivity contribution in [3.8, 4) is 0 Å². The number of hydrogen-bond acceptors (Lipinski definition) is 3. The van der Waals surface area contributed by atoms with E-state index in [-0.39, 0.29) is 5.91 Å². The third-order valence-corrected chi connectivity index (χ3v) is 3.50. The first-order valence-corrected chi connectivity index (χ1v) is 7.08. The maximum Gasteiger partial charge on any atom is 0.255 e. The first-order chi connectivity index (χ1) is 10.7. The van der Waals surface area contributed by atoms with Gasteiger partial charge in [0.1, 0.15) is 5.76 Å². The van der Waals surface area contributed by atoms with Crippen molar-refractivity contribution in [3.63, 3.8) is 0 Å². The van der Waals surface area contributed by atoms with Gasteiger partial charge in [-0.15, -0.1) is 0 Å². The van der Waals surface area contributed by atoms with E-state index in [9.17, 15) is 4.79 Å². The third-order valence-electron chi connectivity index (χ3n) is 3.50. The second kappa shape index (κ2) is 6.30. The Bertz CT molecular complexity index is 743. The molecule has 0 saturated carbocycles. The van der Waals surface area contributed by atoms with Crippen LogP contribution < -0.4 is 5.32 Å². The van der Waals surface area contributed by atoms with Crippen LogP contribution in [-0.2, 0) is 13.1 Å². The zero-order valence-corrected chi connectivity index (χ0v) is 12.3. The smallest absolute Gasteiger partial charge is 0.255 e. The molecule has 2 aromatic heterocycles. The van der Waals surface area contributed by atoms with E-state index >= 15 is 0 Å². The normalized spacial score (nSPS) is 10.6. The average molecular weight is 295 g/mol. The van der Waals surface area contributed by atoms with Crippen molar-refractivity contribution in [1.29, 1.82) is 0 Å². The van der Waals surface area contributed by atoms with Crippen LogP contribution in [0.25, 0.3) is 0 Å². The summed E-state index contributed by atoms with van der Waals surface area (Å²) in [5.41, 5.74) is 2.83. The number of rotatable bonds is 5. The number of benzene rings is 1. The summed E-state index contributed by atoms with van der Waals surface area (Å²) >= 11 is 0. The summed E-state index contributed by atoms with van der Waals surface area (Å²) in [6, 6.07) is 9.84. The second-order valence-electron chi connectivity index (χ2n) is 5.12. The molecule has 5 heteroatoms. The molecule has 5 nitrogen and oxygen atoms in total. The molecule has 0 radical (unpaired) electrons. The topological polar surface area (TPSA) is 60.1 Å². The first-order valence-electron chi connectivity index (χ1n) is 7.08. The van der Waals surface area contributed by atoms with E-state index in [0.29, 0.717) is 17.9 Å². The van der Waals surface area contributed by atoms with Gasteiger partial charge in [-0.1, -0.05) is 24.3 Å². The summed E-state index contributed by atoms with van der Waals surface area (Å²) in [5.74, 6) is 0.516. The van der Waals surface area contributed by atoms with E-state index in [2.05, 4.69) is 22.4 Å². The van der Waals surface area contributed by atoms with E-state index in [1.807, 2.05) is 22.9 Å². The monoisotopic (exact) mass is 295 g/mol. The molecule has 3 aromatic rings. The van der Waals surface area contributed by atoms with Gasteiger partial charge in [0, 0.05) is 25.5 Å². The molecular weight excluding hydrogens is 278 g/mol. The van der Waals surface area contributed by atoms with Gasteiger partial charge in [-0.25, -0.2) is 4.98 Å². The molecule has 1 aromatic carbocycles. The second-order valence-corrected chi connectivity index (χ2v) is 5.12. The molecule has 22 heavy (non-hydrogen) atoms. The highest BCUT2D eigenvalue weighted by Crippen LogP contribution is 2.10. The highest BCUT2D eigenvalue weighted by molar-refractivity contribution is 5.94. The molecule has 1 N–H and O–H groups in total. The lowest BCUT2D eigenvalue weighted by Gasteiger charge is -2.07. The number of hydrogen-bond donors (Lipinski definition) is 1. The number of carbonyl (C=O) groups excluding carboxylic acids is 1. The van der Waals surface area contributed by atoms with Crippen LogP contribution in [0.3, 0.4) is 0 Å². The van der Waals surface area contributed by atoms with Crippen molar-refractivity contribution in [2.75, 3.05) is 0 Å². The number of aryl methyl sites for hydroxylation is 1. The van der Waals surface area contributed by atoms with E-state index < -0.39 is 0 Å². The van der Waals surface area contributed by atoms with Crippen LogP contribution in [0.15, 0.2) is 59.7 Å². The molecular formula is C17H17N3O2. The molecule has 0 fully saturated rings. The minimum Gasteiger partial charge on any atom is -0.469 e. The van der Waals surface area contributed by atoms with E-state index in [0.717, 1.165) is 12.1 Å². The number of nitrogens with one attached hydrogen (secondary N) is 1. The number of aromatic nitrogens is 2. The average Bonchev–Trinajstić information content (AvgIpc) is 3.18. The molecule has 0 unspecified atom stereocenters. The summed E-state index contributed by atoms with van der Waals surface area (Å²) in [7, 11) is 0. The van der Waals surface area contributed by atoms with Crippen LogP contribution in [-0.4, -0.2) is 15.5 Å². The number of nitrogens with zero attached hydrogens (tertiary/aromatic N) is 2. The van der Waals surface area contributed by atoms with Crippen molar-refractivity contribution in [3.05, 3.63) is 77.8 Å². The lowest BCUT2D eigenvalue weighted by molar-refractivity contribution is 0.0949. The highest BCUT2D eigenvalue weighted by Gasteiger charge is 2.10. The standard InChI is InChI=1S/C17H17N3O2/c1-13-16(6-9-22-13)17(21)19-10-14-2-4-15(5-3-14)11-20-8-7-18-12-20/h2-9,12H,10-11H2,1H3,(H,19,21). The first kappa shape index (κ1) is 14.1. The van der Waals surface area contributed by atoms with Crippen molar-refractivity contribution in [2.24, 2.45) is 0 Å². The molecule has 3 rings (SSSR count). The Morgan fingerprint density at radius 3 is 2.64 bits per heavy atom. The van der Waals surface area contributed by atoms with Gasteiger partial charge in [0.15, 0.2) is 0 Å². The third kappa shape index (κ3) is 3.25. The van der Waals surface area contributed by atoms with E-state index in [1.165, 1.54) is 11.8 Å². The molecule has 0 saturated heterocycles. The van der Waals surface area contributed by atoms with Crippen LogP contribution in [0.2, 0.25) is 0 Å². The molecule has 0 atom stereocenters. The van der Waals surface area contributed by atoms with E-state index in [4.69, 9.17) is 4.42 Å². The summed E-state index contributed by atoms with van der Waals surface area (Å²) in [4.78, 5) is 16.0. The lowest BCUT2D eigenvalue weighted by Crippen LogP contribution is -2.22. The van der Waals surface area contributed by atoms with E-state index in [1.54, 1.807) is 25.5 Å². The van der Waals surface area contributed by atoms with Crippen LogP contribution in [0.1, 0.15) is 27.2 Å². The van der Waals surface area contributed by atoms with Crippen LogP contribution in [0.4, 0.5) is 0 Å². The fourth-order valence-corrected chi connectivity index (χ4v) is 2.25. The Kier molecular flexibility index (Phi) is 4.05. The quantitative estimate of drug-likeness (QED) is 0.787. The Morgan fingerprint density at radius 2 is 2.00 bits per heavy atom. The van der Waals surface area contributed by atoms with Crippen LogP contribution in [0, 0.1) is 6.92 Å². The van der Waals surface area contributed by atoms with Gasteiger partial charge in [0.25, 0.3) is 5.91 Å². The van der Waals surface area contributed by atoms with Crippen LogP contribution in [0.5, 0.6) is 0 Å². The molecule has 0 spiro atoms. The van der Waals surface area contributed by atoms with Gasteiger partial charge in [0.2, 0.25) is 0 Å². The summed E-state index contributed by atoms with van der Waals surface area (Å²) in [6.45, 7) is 3.06. The summed E-state index contributed by atoms with van der Waals surface area (Å²) in [6.07, 6.45) is 7.01. The van der Waals surface area contributed by atoms with Crippen molar-refractivity contribution in [1.82, 2.24) is 14.9 Å². The highest BCUT2D eigenvalue weighted by atomic mass is 16.3. The fourth-order valence-electron chi connectivity index (χ4n) is 2.25. The summed E-state index contributed by atoms with van der Waals surface area (Å²) in [5, 5.41) is 2.89. The number of furan rings is 1. The summed E-state index contributed by atoms with van der Waals surface area (Å²) < 4.78 is 7.15. The fraction of sp³-hybridized carbons (Fsp3) is 0.176. The minimum absolute atomic E-state index is 0.117. The predicted molar refractivity (Wildman–Crippen MR) is 82.4 cm³/mol. The Hall–Kier alpha value is -2.82. The maximum absolute atomic E-state index is 12.0. The molecule has 2 heterocycles. The molecule has 0 aliphatic carbocycles. The van der Waals surface area contributed by atoms with Gasteiger partial charge < -0.3 is 14.3 Å². The zero-order chi connectivity index (χ0) is 15.4. The maximum atomic E-state index is 12.0. The number of amides is 1. The predicted octanol–water partition coefficient (Wildman–Crippen LogP) is 2.76. The van der Waals surface area contributed by atoms with Crippen LogP contribution >= 0.6 is 0 Å². The number of imidazole rings is 1. The molecule has 0 bridgehead atoms. The Balaban J connectivity index is 1.57. The minimum atomic E-state index is -0.117. The molecule has 0 aliphatic rings. The molecule has 0 aliphatic heterocycles. The van der Waals surface area contributed by atoms with Crippen molar-refractivity contribution >= 4 is 5.91 Å². The molecule has 112 valence electrons. The SMILES string of the molecule is Cc1occc1C(=O)NCc1ccc(Cn2ccnc2)cc1. The van der Waals surface area contributed by atoms with Gasteiger partial charge in [0.05, 0.1) is 18.2 Å². The number of carbonyl (C=O) groups is 1. The van der Waals surface area contributed by atoms with Gasteiger partial charge >= 0.3 is 0 Å². The Morgan fingerprint density at radius 1 is 1.23 bits per heavy atom. The zero-order valence-electron chi connectivity index (χ0n) is 12.3. The van der Waals surface area contributed by atoms with Gasteiger partial charge in [-0.05, 0) is 24.1 Å². The lowest BCUT2D eigenvalue weighted by atomic mass is 10.1. The molecule has 1 amide bonds. The van der Waals surface area contributed by atoms with Gasteiger partial charge in [-0.2, -0.15) is 0 Å². The van der Waals surface area contributed by atoms with Crippen molar-refractivity contribution in [2.45, 2.75) is 20.0 Å². The van der Waals surface area contributed by atoms with Gasteiger partial charge in [-0.3, -0.25) is 4.79 Å². The largest absolute Gasteiger partial charge is 0.469 e.